The molecule has 0 bridgehead atoms. The summed E-state index contributed by atoms with van der Waals surface area (Å²) < 4.78 is 12.3. The molecular formula is C28H24BrN3O4. The lowest BCUT2D eigenvalue weighted by atomic mass is 10.0. The fraction of sp³-hybridized carbons (Fsp3) is 0.107. The molecule has 36 heavy (non-hydrogen) atoms. The fourth-order valence-electron chi connectivity index (χ4n) is 3.57. The minimum absolute atomic E-state index is 0.239. The van der Waals surface area contributed by atoms with Gasteiger partial charge in [-0.1, -0.05) is 70.5 Å². The molecule has 0 unspecified atom stereocenters. The largest absolute Gasteiger partial charge is 0.496 e. The Bertz CT molecular complexity index is 1400. The van der Waals surface area contributed by atoms with E-state index in [2.05, 4.69) is 31.8 Å². The van der Waals surface area contributed by atoms with Gasteiger partial charge in [0.25, 0.3) is 11.8 Å². The van der Waals surface area contributed by atoms with E-state index in [1.165, 1.54) is 7.11 Å². The average Bonchev–Trinajstić information content (AvgIpc) is 2.91. The van der Waals surface area contributed by atoms with Crippen LogP contribution in [-0.2, 0) is 11.4 Å². The highest BCUT2D eigenvalue weighted by Crippen LogP contribution is 2.27. The minimum atomic E-state index is -0.466. The normalized spacial score (nSPS) is 10.8. The van der Waals surface area contributed by atoms with Crippen molar-refractivity contribution < 1.29 is 19.1 Å². The quantitative estimate of drug-likeness (QED) is 0.227. The summed E-state index contributed by atoms with van der Waals surface area (Å²) in [5.41, 5.74) is 4.57. The molecule has 0 atom stereocenters. The monoisotopic (exact) mass is 545 g/mol. The van der Waals surface area contributed by atoms with Gasteiger partial charge >= 0.3 is 0 Å². The van der Waals surface area contributed by atoms with E-state index < -0.39 is 11.8 Å². The van der Waals surface area contributed by atoms with E-state index >= 15 is 0 Å². The standard InChI is InChI=1S/C28H24BrN3O4/c1-35-25-9-5-4-8-23(25)28(34)30-17-27(33)32-31-16-24-22-7-3-2-6-20(22)12-15-26(24)36-18-19-10-13-21(29)14-11-19/h2-16H,17-18H2,1H3,(H,30,34)(H,32,33). The molecule has 0 aliphatic rings. The number of methoxy groups -OCH3 is 1. The third-order valence-electron chi connectivity index (χ3n) is 5.38. The van der Waals surface area contributed by atoms with Crippen LogP contribution >= 0.6 is 15.9 Å². The maximum Gasteiger partial charge on any atom is 0.259 e. The summed E-state index contributed by atoms with van der Waals surface area (Å²) >= 11 is 3.44. The number of hydrazone groups is 1. The van der Waals surface area contributed by atoms with Crippen molar-refractivity contribution in [2.75, 3.05) is 13.7 Å². The van der Waals surface area contributed by atoms with Crippen molar-refractivity contribution in [3.8, 4) is 11.5 Å². The summed E-state index contributed by atoms with van der Waals surface area (Å²) in [6.07, 6.45) is 1.55. The molecule has 2 N–H and O–H groups in total. The molecule has 0 saturated carbocycles. The summed E-state index contributed by atoms with van der Waals surface area (Å²) in [4.78, 5) is 24.7. The number of fused-ring (bicyclic) bond motifs is 1. The summed E-state index contributed by atoms with van der Waals surface area (Å²) in [6, 6.07) is 26.4. The van der Waals surface area contributed by atoms with Crippen LogP contribution in [0.1, 0.15) is 21.5 Å². The van der Waals surface area contributed by atoms with Gasteiger partial charge in [-0.05, 0) is 46.7 Å². The molecule has 4 rings (SSSR count). The number of nitrogens with zero attached hydrogens (tertiary/aromatic N) is 1. The number of hydrogen-bond donors (Lipinski definition) is 2. The SMILES string of the molecule is COc1ccccc1C(=O)NCC(=O)NN=Cc1c(OCc2ccc(Br)cc2)ccc2ccccc12. The number of benzene rings is 4. The molecular weight excluding hydrogens is 522 g/mol. The van der Waals surface area contributed by atoms with Crippen molar-refractivity contribution in [2.45, 2.75) is 6.61 Å². The fourth-order valence-corrected chi connectivity index (χ4v) is 3.84. The molecule has 0 fully saturated rings. The smallest absolute Gasteiger partial charge is 0.259 e. The zero-order chi connectivity index (χ0) is 25.3. The first-order valence-corrected chi connectivity index (χ1v) is 12.0. The second-order valence-corrected chi connectivity index (χ2v) is 8.71. The van der Waals surface area contributed by atoms with Crippen LogP contribution in [0, 0.1) is 0 Å². The number of rotatable bonds is 9. The summed E-state index contributed by atoms with van der Waals surface area (Å²) in [7, 11) is 1.48. The molecule has 182 valence electrons. The molecule has 0 radical (unpaired) electrons. The zero-order valence-electron chi connectivity index (χ0n) is 19.5. The van der Waals surface area contributed by atoms with Crippen LogP contribution in [0.3, 0.4) is 0 Å². The van der Waals surface area contributed by atoms with Gasteiger partial charge in [-0.2, -0.15) is 5.10 Å². The molecule has 0 aliphatic carbocycles. The van der Waals surface area contributed by atoms with Crippen molar-refractivity contribution in [2.24, 2.45) is 5.10 Å². The van der Waals surface area contributed by atoms with E-state index in [0.717, 1.165) is 26.4 Å². The van der Waals surface area contributed by atoms with Crippen LogP contribution in [0.2, 0.25) is 0 Å². The molecule has 7 nitrogen and oxygen atoms in total. The molecule has 2 amide bonds. The lowest BCUT2D eigenvalue weighted by Crippen LogP contribution is -2.35. The van der Waals surface area contributed by atoms with Gasteiger partial charge in [-0.3, -0.25) is 9.59 Å². The van der Waals surface area contributed by atoms with Gasteiger partial charge in [-0.25, -0.2) is 5.43 Å². The van der Waals surface area contributed by atoms with E-state index in [4.69, 9.17) is 9.47 Å². The van der Waals surface area contributed by atoms with Crippen molar-refractivity contribution in [3.63, 3.8) is 0 Å². The van der Waals surface area contributed by atoms with Crippen molar-refractivity contribution in [1.82, 2.24) is 10.7 Å². The van der Waals surface area contributed by atoms with Gasteiger partial charge < -0.3 is 14.8 Å². The number of halogens is 1. The summed E-state index contributed by atoms with van der Waals surface area (Å²) in [5.74, 6) is 0.190. The van der Waals surface area contributed by atoms with Crippen LogP contribution in [0.4, 0.5) is 0 Å². The maximum absolute atomic E-state index is 12.4. The molecule has 8 heteroatoms. The Kier molecular flexibility index (Phi) is 8.31. The topological polar surface area (TPSA) is 89.0 Å². The lowest BCUT2D eigenvalue weighted by molar-refractivity contribution is -0.120. The number of para-hydroxylation sites is 1. The number of ether oxygens (including phenoxy) is 2. The first-order valence-electron chi connectivity index (χ1n) is 11.2. The Morgan fingerprint density at radius 3 is 2.47 bits per heavy atom. The Balaban J connectivity index is 1.43. The molecule has 0 aliphatic heterocycles. The van der Waals surface area contributed by atoms with Gasteiger partial charge in [-0.15, -0.1) is 0 Å². The average molecular weight is 546 g/mol. The summed E-state index contributed by atoms with van der Waals surface area (Å²) in [5, 5.41) is 8.65. The number of carbonyl (C=O) groups excluding carboxylic acids is 2. The second-order valence-electron chi connectivity index (χ2n) is 7.79. The van der Waals surface area contributed by atoms with E-state index in [0.29, 0.717) is 23.7 Å². The van der Waals surface area contributed by atoms with Gasteiger partial charge in [0.2, 0.25) is 0 Å². The Hall–Kier alpha value is -4.17. The zero-order valence-corrected chi connectivity index (χ0v) is 21.1. The van der Waals surface area contributed by atoms with Gasteiger partial charge in [0.1, 0.15) is 18.1 Å². The highest BCUT2D eigenvalue weighted by molar-refractivity contribution is 9.10. The van der Waals surface area contributed by atoms with Gasteiger partial charge in [0.05, 0.1) is 25.4 Å². The Labute approximate surface area is 217 Å². The molecule has 0 heterocycles. The lowest BCUT2D eigenvalue weighted by Gasteiger charge is -2.12. The predicted molar refractivity (Wildman–Crippen MR) is 143 cm³/mol. The first kappa shape index (κ1) is 24.9. The molecule has 4 aromatic rings. The summed E-state index contributed by atoms with van der Waals surface area (Å²) in [6.45, 7) is 0.143. The van der Waals surface area contributed by atoms with E-state index in [1.54, 1.807) is 30.5 Å². The van der Waals surface area contributed by atoms with E-state index in [1.807, 2.05) is 60.7 Å². The maximum atomic E-state index is 12.4. The van der Waals surface area contributed by atoms with Crippen LogP contribution < -0.4 is 20.2 Å². The third kappa shape index (κ3) is 6.28. The minimum Gasteiger partial charge on any atom is -0.496 e. The molecule has 4 aromatic carbocycles. The van der Waals surface area contributed by atoms with Crippen molar-refractivity contribution in [1.29, 1.82) is 0 Å². The highest BCUT2D eigenvalue weighted by atomic mass is 79.9. The molecule has 0 saturated heterocycles. The van der Waals surface area contributed by atoms with Gasteiger partial charge in [0, 0.05) is 10.0 Å². The molecule has 0 aromatic heterocycles. The number of hydrogen-bond acceptors (Lipinski definition) is 5. The highest BCUT2D eigenvalue weighted by Gasteiger charge is 2.13. The van der Waals surface area contributed by atoms with Crippen molar-refractivity contribution >= 4 is 44.7 Å². The second kappa shape index (κ2) is 12.0. The predicted octanol–water partition coefficient (Wildman–Crippen LogP) is 5.07. The van der Waals surface area contributed by atoms with Crippen LogP contribution in [-0.4, -0.2) is 31.7 Å². The third-order valence-corrected chi connectivity index (χ3v) is 5.91. The Morgan fingerprint density at radius 2 is 1.67 bits per heavy atom. The number of nitrogens with one attached hydrogen (secondary N) is 2. The number of amides is 2. The van der Waals surface area contributed by atoms with Gasteiger partial charge in [0.15, 0.2) is 0 Å². The van der Waals surface area contributed by atoms with Crippen molar-refractivity contribution in [3.05, 3.63) is 106 Å². The van der Waals surface area contributed by atoms with E-state index in [9.17, 15) is 9.59 Å². The van der Waals surface area contributed by atoms with Crippen LogP contribution in [0.15, 0.2) is 94.5 Å². The molecule has 0 spiro atoms. The first-order chi connectivity index (χ1) is 17.5. The van der Waals surface area contributed by atoms with Crippen LogP contribution in [0.25, 0.3) is 10.8 Å². The van der Waals surface area contributed by atoms with Crippen LogP contribution in [0.5, 0.6) is 11.5 Å². The number of carbonyl (C=O) groups is 2. The Morgan fingerprint density at radius 1 is 0.917 bits per heavy atom. The van der Waals surface area contributed by atoms with E-state index in [-0.39, 0.29) is 6.54 Å².